The second-order valence-electron chi connectivity index (χ2n) is 6.05. The van der Waals surface area contributed by atoms with Gasteiger partial charge >= 0.3 is 5.97 Å². The molecule has 0 spiro atoms. The summed E-state index contributed by atoms with van der Waals surface area (Å²) in [7, 11) is 0. The summed E-state index contributed by atoms with van der Waals surface area (Å²) >= 11 is 3.42. The maximum atomic E-state index is 12.8. The molecule has 0 unspecified atom stereocenters. The number of benzene rings is 1. The highest BCUT2D eigenvalue weighted by Crippen LogP contribution is 2.21. The number of esters is 1. The molecule has 1 aliphatic heterocycles. The summed E-state index contributed by atoms with van der Waals surface area (Å²) in [6, 6.07) is 4.47. The molecule has 0 radical (unpaired) electrons. The molecule has 0 bridgehead atoms. The Hall–Kier alpha value is -1.89. The first-order valence-corrected chi connectivity index (χ1v) is 9.23. The molecule has 7 heteroatoms. The van der Waals surface area contributed by atoms with E-state index in [1.165, 1.54) is 4.90 Å². The average Bonchev–Trinajstić information content (AvgIpc) is 2.59. The van der Waals surface area contributed by atoms with Gasteiger partial charge in [-0.1, -0.05) is 35.3 Å². The summed E-state index contributed by atoms with van der Waals surface area (Å²) in [6.45, 7) is 5.01. The average molecular weight is 411 g/mol. The van der Waals surface area contributed by atoms with Crippen LogP contribution in [0.25, 0.3) is 0 Å². The molecular formula is C18H23BrN2O4. The lowest BCUT2D eigenvalue weighted by molar-refractivity contribution is -0.147. The number of hydrogen-bond acceptors (Lipinski definition) is 4. The molecule has 1 atom stereocenters. The zero-order valence-electron chi connectivity index (χ0n) is 14.5. The van der Waals surface area contributed by atoms with E-state index in [9.17, 15) is 14.4 Å². The van der Waals surface area contributed by atoms with E-state index in [0.29, 0.717) is 25.3 Å². The number of nitrogens with one attached hydrogen (secondary N) is 1. The van der Waals surface area contributed by atoms with Crippen LogP contribution in [0.4, 0.5) is 0 Å². The molecule has 0 saturated carbocycles. The molecule has 2 rings (SSSR count). The fourth-order valence-corrected chi connectivity index (χ4v) is 2.98. The van der Waals surface area contributed by atoms with E-state index in [0.717, 1.165) is 22.9 Å². The summed E-state index contributed by atoms with van der Waals surface area (Å²) in [6.07, 6.45) is 1.57. The van der Waals surface area contributed by atoms with Crippen LogP contribution in [0.5, 0.6) is 0 Å². The van der Waals surface area contributed by atoms with Crippen molar-refractivity contribution < 1.29 is 19.1 Å². The van der Waals surface area contributed by atoms with E-state index in [1.807, 2.05) is 19.9 Å². The van der Waals surface area contributed by atoms with Crippen LogP contribution in [0.3, 0.4) is 0 Å². The maximum Gasteiger partial charge on any atom is 0.308 e. The highest BCUT2D eigenvalue weighted by atomic mass is 79.9. The van der Waals surface area contributed by atoms with Crippen molar-refractivity contribution in [2.75, 3.05) is 19.7 Å². The summed E-state index contributed by atoms with van der Waals surface area (Å²) in [5.41, 5.74) is 1.50. The van der Waals surface area contributed by atoms with Crippen molar-refractivity contribution in [3.63, 3.8) is 0 Å². The second-order valence-corrected chi connectivity index (χ2v) is 6.90. The Morgan fingerprint density at radius 3 is 2.84 bits per heavy atom. The van der Waals surface area contributed by atoms with Crippen LogP contribution in [0, 0.1) is 6.92 Å². The maximum absolute atomic E-state index is 12.8. The number of amides is 2. The number of hydrogen-bond donors (Lipinski definition) is 1. The lowest BCUT2D eigenvalue weighted by Crippen LogP contribution is -2.57. The van der Waals surface area contributed by atoms with Crippen molar-refractivity contribution in [1.29, 1.82) is 0 Å². The molecule has 2 amide bonds. The van der Waals surface area contributed by atoms with Crippen LogP contribution in [-0.4, -0.2) is 48.4 Å². The van der Waals surface area contributed by atoms with Gasteiger partial charge in [-0.25, -0.2) is 0 Å². The minimum Gasteiger partial charge on any atom is -0.466 e. The second kappa shape index (κ2) is 8.99. The topological polar surface area (TPSA) is 75.7 Å². The molecule has 1 aliphatic rings. The van der Waals surface area contributed by atoms with Gasteiger partial charge in [-0.2, -0.15) is 0 Å². The van der Waals surface area contributed by atoms with Gasteiger partial charge in [-0.15, -0.1) is 0 Å². The molecular weight excluding hydrogens is 388 g/mol. The van der Waals surface area contributed by atoms with Crippen molar-refractivity contribution in [2.24, 2.45) is 0 Å². The predicted molar refractivity (Wildman–Crippen MR) is 97.2 cm³/mol. The summed E-state index contributed by atoms with van der Waals surface area (Å²) < 4.78 is 5.97. The Bertz CT molecular complexity index is 662. The number of carbonyl (C=O) groups is 3. The van der Waals surface area contributed by atoms with Crippen LogP contribution in [0.2, 0.25) is 0 Å². The molecule has 6 nitrogen and oxygen atoms in total. The fourth-order valence-electron chi connectivity index (χ4n) is 2.60. The smallest absolute Gasteiger partial charge is 0.308 e. The van der Waals surface area contributed by atoms with Crippen molar-refractivity contribution in [3.8, 4) is 0 Å². The molecule has 1 fully saturated rings. The number of halogens is 1. The highest BCUT2D eigenvalue weighted by molar-refractivity contribution is 9.10. The highest BCUT2D eigenvalue weighted by Gasteiger charge is 2.35. The van der Waals surface area contributed by atoms with E-state index >= 15 is 0 Å². The molecule has 1 heterocycles. The van der Waals surface area contributed by atoms with Crippen LogP contribution in [-0.2, 0) is 14.3 Å². The van der Waals surface area contributed by atoms with Gasteiger partial charge in [0.2, 0.25) is 5.91 Å². The number of unbranched alkanes of at least 4 members (excludes halogenated alkanes) is 1. The monoisotopic (exact) mass is 410 g/mol. The Labute approximate surface area is 156 Å². The largest absolute Gasteiger partial charge is 0.466 e. The van der Waals surface area contributed by atoms with E-state index in [4.69, 9.17) is 4.74 Å². The first-order chi connectivity index (χ1) is 11.9. The normalized spacial score (nSPS) is 17.2. The van der Waals surface area contributed by atoms with Gasteiger partial charge in [-0.3, -0.25) is 14.4 Å². The number of aryl methyl sites for hydroxylation is 1. The molecule has 0 aliphatic carbocycles. The van der Waals surface area contributed by atoms with Gasteiger partial charge in [0.1, 0.15) is 6.04 Å². The summed E-state index contributed by atoms with van der Waals surface area (Å²) in [4.78, 5) is 38.5. The Balaban J connectivity index is 2.12. The molecule has 1 aromatic rings. The lowest BCUT2D eigenvalue weighted by Gasteiger charge is -2.34. The van der Waals surface area contributed by atoms with Gasteiger partial charge in [0, 0.05) is 23.1 Å². The Morgan fingerprint density at radius 1 is 1.40 bits per heavy atom. The summed E-state index contributed by atoms with van der Waals surface area (Å²) in [5.74, 6) is -1.04. The molecule has 1 N–H and O–H groups in total. The number of rotatable bonds is 6. The first kappa shape index (κ1) is 19.4. The van der Waals surface area contributed by atoms with Crippen LogP contribution in [0.1, 0.15) is 42.1 Å². The Kier molecular flexibility index (Phi) is 6.99. The Morgan fingerprint density at radius 2 is 2.16 bits per heavy atom. The number of nitrogens with zero attached hydrogens (tertiary/aromatic N) is 1. The minimum absolute atomic E-state index is 0.131. The number of ether oxygens (including phenoxy) is 1. The van der Waals surface area contributed by atoms with E-state index < -0.39 is 12.0 Å². The van der Waals surface area contributed by atoms with Crippen molar-refractivity contribution in [2.45, 2.75) is 39.2 Å². The van der Waals surface area contributed by atoms with Crippen molar-refractivity contribution in [3.05, 3.63) is 33.8 Å². The molecule has 0 aromatic heterocycles. The van der Waals surface area contributed by atoms with E-state index in [1.54, 1.807) is 12.1 Å². The molecule has 25 heavy (non-hydrogen) atoms. The fraction of sp³-hybridized carbons (Fsp3) is 0.500. The third-order valence-electron chi connectivity index (χ3n) is 4.13. The quantitative estimate of drug-likeness (QED) is 0.577. The summed E-state index contributed by atoms with van der Waals surface area (Å²) in [5, 5.41) is 2.71. The van der Waals surface area contributed by atoms with Gasteiger partial charge < -0.3 is 15.0 Å². The number of piperazine rings is 1. The zero-order valence-corrected chi connectivity index (χ0v) is 16.1. The molecule has 1 aromatic carbocycles. The van der Waals surface area contributed by atoms with E-state index in [-0.39, 0.29) is 18.2 Å². The van der Waals surface area contributed by atoms with Crippen molar-refractivity contribution >= 4 is 33.7 Å². The zero-order chi connectivity index (χ0) is 18.4. The molecule has 136 valence electrons. The standard InChI is InChI=1S/C18H23BrN2O4/c1-3-4-9-25-16(22)11-15-17(23)20-7-8-21(15)18(24)13-6-5-12(2)14(19)10-13/h5-6,10,15H,3-4,7-9,11H2,1-2H3,(H,20,23)/t15-/m0/s1. The minimum atomic E-state index is -0.838. The third-order valence-corrected chi connectivity index (χ3v) is 4.99. The van der Waals surface area contributed by atoms with Crippen LogP contribution in [0.15, 0.2) is 22.7 Å². The third kappa shape index (κ3) is 5.04. The van der Waals surface area contributed by atoms with Crippen LogP contribution >= 0.6 is 15.9 Å². The number of carbonyl (C=O) groups excluding carboxylic acids is 3. The predicted octanol–water partition coefficient (Wildman–Crippen LogP) is 2.43. The SMILES string of the molecule is CCCCOC(=O)C[C@H]1C(=O)NCCN1C(=O)c1ccc(C)c(Br)c1. The molecule has 1 saturated heterocycles. The van der Waals surface area contributed by atoms with Gasteiger partial charge in [0.15, 0.2) is 0 Å². The van der Waals surface area contributed by atoms with Crippen molar-refractivity contribution in [1.82, 2.24) is 10.2 Å². The van der Waals surface area contributed by atoms with E-state index in [2.05, 4.69) is 21.2 Å². The van der Waals surface area contributed by atoms with Gasteiger partial charge in [-0.05, 0) is 31.0 Å². The first-order valence-electron chi connectivity index (χ1n) is 8.44. The lowest BCUT2D eigenvalue weighted by atomic mass is 10.1. The van der Waals surface area contributed by atoms with Gasteiger partial charge in [0.25, 0.3) is 5.91 Å². The van der Waals surface area contributed by atoms with Gasteiger partial charge in [0.05, 0.1) is 13.0 Å². The van der Waals surface area contributed by atoms with Crippen LogP contribution < -0.4 is 5.32 Å².